The third-order valence-electron chi connectivity index (χ3n) is 3.19. The van der Waals surface area contributed by atoms with Gasteiger partial charge in [0.15, 0.2) is 0 Å². The second-order valence-corrected chi connectivity index (χ2v) is 5.49. The van der Waals surface area contributed by atoms with E-state index in [1.807, 2.05) is 0 Å². The lowest BCUT2D eigenvalue weighted by Gasteiger charge is -2.09. The van der Waals surface area contributed by atoms with Crippen molar-refractivity contribution < 1.29 is 0 Å². The van der Waals surface area contributed by atoms with Crippen molar-refractivity contribution in [2.75, 3.05) is 6.26 Å². The largest absolute Gasteiger partial charge is 0.327 e. The lowest BCUT2D eigenvalue weighted by molar-refractivity contribution is 0.637. The van der Waals surface area contributed by atoms with Crippen LogP contribution in [0.1, 0.15) is 19.0 Å². The lowest BCUT2D eigenvalue weighted by Crippen LogP contribution is -2.21. The molecule has 19 heavy (non-hydrogen) atoms. The van der Waals surface area contributed by atoms with Gasteiger partial charge in [0.25, 0.3) is 0 Å². The lowest BCUT2D eigenvalue weighted by atomic mass is 10.1. The van der Waals surface area contributed by atoms with Crippen LogP contribution in [0.15, 0.2) is 47.4 Å². The summed E-state index contributed by atoms with van der Waals surface area (Å²) in [5.74, 6) is 0. The number of pyridine rings is 1. The van der Waals surface area contributed by atoms with E-state index in [-0.39, 0.29) is 6.04 Å². The van der Waals surface area contributed by atoms with Crippen molar-refractivity contribution in [3.05, 3.63) is 48.2 Å². The molecule has 1 heterocycles. The zero-order valence-electron chi connectivity index (χ0n) is 11.5. The molecule has 0 radical (unpaired) electrons. The van der Waals surface area contributed by atoms with Gasteiger partial charge in [0.2, 0.25) is 0 Å². The Balaban J connectivity index is 2.21. The van der Waals surface area contributed by atoms with Gasteiger partial charge in [-0.05, 0) is 36.9 Å². The first-order valence-corrected chi connectivity index (χ1v) is 7.81. The molecule has 0 saturated carbocycles. The fraction of sp³-hybridized carbons (Fsp3) is 0.312. The Morgan fingerprint density at radius 3 is 2.53 bits per heavy atom. The highest BCUT2D eigenvalue weighted by atomic mass is 32.2. The standard InChI is InChI=1S/C16H20N2S/c1-3-13(17)11-14-5-4-6-16(18-14)12-7-9-15(19-2)10-8-12/h4-10,13H,3,11,17H2,1-2H3. The average molecular weight is 272 g/mol. The highest BCUT2D eigenvalue weighted by Gasteiger charge is 2.05. The SMILES string of the molecule is CCC(N)Cc1cccc(-c2ccc(SC)cc2)n1. The van der Waals surface area contributed by atoms with E-state index in [1.165, 1.54) is 4.90 Å². The van der Waals surface area contributed by atoms with E-state index in [0.717, 1.165) is 29.8 Å². The molecule has 0 saturated heterocycles. The minimum atomic E-state index is 0.196. The molecule has 0 aliphatic heterocycles. The van der Waals surface area contributed by atoms with Crippen LogP contribution < -0.4 is 5.73 Å². The summed E-state index contributed by atoms with van der Waals surface area (Å²) < 4.78 is 0. The minimum absolute atomic E-state index is 0.196. The molecule has 2 N–H and O–H groups in total. The van der Waals surface area contributed by atoms with Crippen molar-refractivity contribution in [1.29, 1.82) is 0 Å². The molecule has 1 aromatic carbocycles. The Labute approximate surface area is 119 Å². The number of rotatable bonds is 5. The van der Waals surface area contributed by atoms with Crippen LogP contribution >= 0.6 is 11.8 Å². The van der Waals surface area contributed by atoms with Gasteiger partial charge in [-0.1, -0.05) is 25.1 Å². The van der Waals surface area contributed by atoms with Crippen LogP contribution in [-0.4, -0.2) is 17.3 Å². The summed E-state index contributed by atoms with van der Waals surface area (Å²) >= 11 is 1.75. The number of nitrogens with two attached hydrogens (primary N) is 1. The number of benzene rings is 1. The second-order valence-electron chi connectivity index (χ2n) is 4.62. The molecule has 0 bridgehead atoms. The van der Waals surface area contributed by atoms with Crippen molar-refractivity contribution in [1.82, 2.24) is 4.98 Å². The van der Waals surface area contributed by atoms with E-state index in [9.17, 15) is 0 Å². The second kappa shape index (κ2) is 6.73. The van der Waals surface area contributed by atoms with Crippen LogP contribution in [0.5, 0.6) is 0 Å². The van der Waals surface area contributed by atoms with Gasteiger partial charge in [-0.15, -0.1) is 11.8 Å². The van der Waals surface area contributed by atoms with Crippen LogP contribution in [0.2, 0.25) is 0 Å². The zero-order chi connectivity index (χ0) is 13.7. The highest BCUT2D eigenvalue weighted by molar-refractivity contribution is 7.98. The molecule has 0 aliphatic rings. The van der Waals surface area contributed by atoms with Crippen molar-refractivity contribution in [2.45, 2.75) is 30.7 Å². The summed E-state index contributed by atoms with van der Waals surface area (Å²) in [7, 11) is 0. The van der Waals surface area contributed by atoms with Crippen molar-refractivity contribution >= 4 is 11.8 Å². The molecule has 3 heteroatoms. The Kier molecular flexibility index (Phi) is 5.00. The molecular formula is C16H20N2S. The van der Waals surface area contributed by atoms with Gasteiger partial charge >= 0.3 is 0 Å². The molecule has 2 nitrogen and oxygen atoms in total. The quantitative estimate of drug-likeness (QED) is 0.843. The van der Waals surface area contributed by atoms with Gasteiger partial charge in [-0.3, -0.25) is 4.98 Å². The summed E-state index contributed by atoms with van der Waals surface area (Å²) in [6, 6.07) is 14.9. The number of hydrogen-bond acceptors (Lipinski definition) is 3. The highest BCUT2D eigenvalue weighted by Crippen LogP contribution is 2.22. The maximum absolute atomic E-state index is 5.99. The normalized spacial score (nSPS) is 12.4. The summed E-state index contributed by atoms with van der Waals surface area (Å²) in [6.45, 7) is 2.11. The molecule has 100 valence electrons. The van der Waals surface area contributed by atoms with Crippen molar-refractivity contribution in [3.63, 3.8) is 0 Å². The monoisotopic (exact) mass is 272 g/mol. The number of nitrogens with zero attached hydrogens (tertiary/aromatic N) is 1. The van der Waals surface area contributed by atoms with Gasteiger partial charge in [0, 0.05) is 28.6 Å². The van der Waals surface area contributed by atoms with E-state index in [2.05, 4.69) is 55.6 Å². The number of hydrogen-bond donors (Lipinski definition) is 1. The molecule has 0 amide bonds. The van der Waals surface area contributed by atoms with Gasteiger partial charge in [-0.2, -0.15) is 0 Å². The Bertz CT molecular complexity index is 523. The van der Waals surface area contributed by atoms with Gasteiger partial charge in [0.1, 0.15) is 0 Å². The Morgan fingerprint density at radius 1 is 1.16 bits per heavy atom. The zero-order valence-corrected chi connectivity index (χ0v) is 12.3. The average Bonchev–Trinajstić information content (AvgIpc) is 2.47. The first-order chi connectivity index (χ1) is 9.22. The van der Waals surface area contributed by atoms with Gasteiger partial charge in [-0.25, -0.2) is 0 Å². The van der Waals surface area contributed by atoms with E-state index in [0.29, 0.717) is 0 Å². The molecule has 2 rings (SSSR count). The van der Waals surface area contributed by atoms with Crippen LogP contribution in [0.3, 0.4) is 0 Å². The first-order valence-electron chi connectivity index (χ1n) is 6.59. The predicted molar refractivity (Wildman–Crippen MR) is 83.4 cm³/mol. The van der Waals surface area contributed by atoms with E-state index in [1.54, 1.807) is 11.8 Å². The summed E-state index contributed by atoms with van der Waals surface area (Å²) in [5.41, 5.74) is 9.24. The summed E-state index contributed by atoms with van der Waals surface area (Å²) in [4.78, 5) is 5.97. The number of aromatic nitrogens is 1. The van der Waals surface area contributed by atoms with Crippen LogP contribution in [0.4, 0.5) is 0 Å². The van der Waals surface area contributed by atoms with Crippen LogP contribution in [-0.2, 0) is 6.42 Å². The summed E-state index contributed by atoms with van der Waals surface area (Å²) in [6.07, 6.45) is 3.90. The maximum Gasteiger partial charge on any atom is 0.0705 e. The first kappa shape index (κ1) is 14.1. The molecule has 0 spiro atoms. The molecule has 1 unspecified atom stereocenters. The molecular weight excluding hydrogens is 252 g/mol. The topological polar surface area (TPSA) is 38.9 Å². The maximum atomic E-state index is 5.99. The summed E-state index contributed by atoms with van der Waals surface area (Å²) in [5, 5.41) is 0. The van der Waals surface area contributed by atoms with Crippen LogP contribution in [0.25, 0.3) is 11.3 Å². The fourth-order valence-electron chi connectivity index (χ4n) is 1.93. The minimum Gasteiger partial charge on any atom is -0.327 e. The molecule has 2 aromatic rings. The smallest absolute Gasteiger partial charge is 0.0705 e. The number of thioether (sulfide) groups is 1. The van der Waals surface area contributed by atoms with Gasteiger partial charge in [0.05, 0.1) is 5.69 Å². The Hall–Kier alpha value is -1.32. The molecule has 0 aliphatic carbocycles. The van der Waals surface area contributed by atoms with E-state index < -0.39 is 0 Å². The third kappa shape index (κ3) is 3.82. The van der Waals surface area contributed by atoms with E-state index in [4.69, 9.17) is 10.7 Å². The van der Waals surface area contributed by atoms with Gasteiger partial charge < -0.3 is 5.73 Å². The van der Waals surface area contributed by atoms with Crippen molar-refractivity contribution in [2.24, 2.45) is 5.73 Å². The fourth-order valence-corrected chi connectivity index (χ4v) is 2.34. The van der Waals surface area contributed by atoms with E-state index >= 15 is 0 Å². The van der Waals surface area contributed by atoms with Crippen molar-refractivity contribution in [3.8, 4) is 11.3 Å². The Morgan fingerprint density at radius 2 is 1.89 bits per heavy atom. The third-order valence-corrected chi connectivity index (χ3v) is 3.93. The molecule has 1 aromatic heterocycles. The van der Waals surface area contributed by atoms with Crippen LogP contribution in [0, 0.1) is 0 Å². The predicted octanol–water partition coefficient (Wildman–Crippen LogP) is 3.75. The molecule has 1 atom stereocenters. The molecule has 0 fully saturated rings.